The van der Waals surface area contributed by atoms with Gasteiger partial charge in [0.15, 0.2) is 0 Å². The minimum atomic E-state index is -0.312. The van der Waals surface area contributed by atoms with E-state index in [9.17, 15) is 4.39 Å². The fourth-order valence-electron chi connectivity index (χ4n) is 1.13. The third-order valence-corrected chi connectivity index (χ3v) is 1.88. The van der Waals surface area contributed by atoms with Crippen molar-refractivity contribution in [3.05, 3.63) is 42.2 Å². The summed E-state index contributed by atoms with van der Waals surface area (Å²) in [5, 5.41) is 4.00. The molecule has 0 fully saturated rings. The van der Waals surface area contributed by atoms with E-state index in [0.29, 0.717) is 11.3 Å². The molecule has 2 rings (SSSR count). The van der Waals surface area contributed by atoms with Crippen molar-refractivity contribution >= 4 is 0 Å². The number of hydrogen-bond donors (Lipinski definition) is 0. The van der Waals surface area contributed by atoms with E-state index in [1.54, 1.807) is 36.3 Å². The van der Waals surface area contributed by atoms with Crippen molar-refractivity contribution in [3.63, 3.8) is 0 Å². The van der Waals surface area contributed by atoms with Gasteiger partial charge < -0.3 is 0 Å². The summed E-state index contributed by atoms with van der Waals surface area (Å²) in [6.45, 7) is 1.70. The van der Waals surface area contributed by atoms with E-state index in [-0.39, 0.29) is 5.82 Å². The smallest absolute Gasteiger partial charge is 0.146 e. The summed E-state index contributed by atoms with van der Waals surface area (Å²) in [5.41, 5.74) is 1.23. The van der Waals surface area contributed by atoms with E-state index in [4.69, 9.17) is 0 Å². The van der Waals surface area contributed by atoms with Crippen LogP contribution in [0, 0.1) is 12.7 Å². The summed E-state index contributed by atoms with van der Waals surface area (Å²) in [4.78, 5) is 3.77. The van der Waals surface area contributed by atoms with Crippen molar-refractivity contribution in [2.45, 2.75) is 6.92 Å². The lowest BCUT2D eigenvalue weighted by Gasteiger charge is -2.04. The molecule has 4 heteroatoms. The molecule has 0 saturated heterocycles. The molecule has 0 spiro atoms. The molecule has 0 aliphatic heterocycles. The summed E-state index contributed by atoms with van der Waals surface area (Å²) in [6, 6.07) is 1.78. The predicted molar refractivity (Wildman–Crippen MR) is 46.1 cm³/mol. The molecule has 0 bridgehead atoms. The minimum Gasteiger partial charge on any atom is -0.259 e. The van der Waals surface area contributed by atoms with Crippen molar-refractivity contribution in [2.24, 2.45) is 0 Å². The molecule has 3 nitrogen and oxygen atoms in total. The molecule has 0 saturated carbocycles. The van der Waals surface area contributed by atoms with E-state index in [1.165, 1.54) is 6.20 Å². The Balaban J connectivity index is 2.59. The first kappa shape index (κ1) is 7.91. The molecule has 0 N–H and O–H groups in total. The zero-order valence-electron chi connectivity index (χ0n) is 7.11. The SMILES string of the molecule is Cc1c(F)cncc1-n1cccn1. The van der Waals surface area contributed by atoms with Crippen LogP contribution in [0.4, 0.5) is 4.39 Å². The highest BCUT2D eigenvalue weighted by Crippen LogP contribution is 2.13. The number of hydrogen-bond acceptors (Lipinski definition) is 2. The van der Waals surface area contributed by atoms with Crippen LogP contribution >= 0.6 is 0 Å². The number of aromatic nitrogens is 3. The number of rotatable bonds is 1. The number of halogens is 1. The summed E-state index contributed by atoms with van der Waals surface area (Å²) in [7, 11) is 0. The fourth-order valence-corrected chi connectivity index (χ4v) is 1.13. The maximum atomic E-state index is 13.1. The topological polar surface area (TPSA) is 30.7 Å². The van der Waals surface area contributed by atoms with E-state index >= 15 is 0 Å². The van der Waals surface area contributed by atoms with Gasteiger partial charge in [-0.1, -0.05) is 0 Å². The third kappa shape index (κ3) is 1.30. The molecule has 0 radical (unpaired) electrons. The van der Waals surface area contributed by atoms with E-state index in [1.807, 2.05) is 0 Å². The normalized spacial score (nSPS) is 10.3. The molecular formula is C9H8FN3. The average Bonchev–Trinajstić information content (AvgIpc) is 2.62. The molecule has 0 amide bonds. The van der Waals surface area contributed by atoms with Gasteiger partial charge in [0, 0.05) is 18.0 Å². The molecule has 0 aliphatic rings. The van der Waals surface area contributed by atoms with Gasteiger partial charge in [0.25, 0.3) is 0 Å². The molecular weight excluding hydrogens is 169 g/mol. The first-order valence-corrected chi connectivity index (χ1v) is 3.89. The highest BCUT2D eigenvalue weighted by atomic mass is 19.1. The lowest BCUT2D eigenvalue weighted by molar-refractivity contribution is 0.608. The van der Waals surface area contributed by atoms with Gasteiger partial charge in [-0.3, -0.25) is 4.98 Å². The second kappa shape index (κ2) is 2.97. The molecule has 13 heavy (non-hydrogen) atoms. The Morgan fingerprint density at radius 2 is 2.23 bits per heavy atom. The zero-order valence-corrected chi connectivity index (χ0v) is 7.11. The zero-order chi connectivity index (χ0) is 9.26. The first-order valence-electron chi connectivity index (χ1n) is 3.89. The van der Waals surface area contributed by atoms with Crippen LogP contribution in [-0.4, -0.2) is 14.8 Å². The second-order valence-corrected chi connectivity index (χ2v) is 2.72. The summed E-state index contributed by atoms with van der Waals surface area (Å²) in [6.07, 6.45) is 6.18. The van der Waals surface area contributed by atoms with Crippen LogP contribution in [0.15, 0.2) is 30.9 Å². The van der Waals surface area contributed by atoms with Crippen LogP contribution in [-0.2, 0) is 0 Å². The van der Waals surface area contributed by atoms with Gasteiger partial charge in [-0.2, -0.15) is 5.10 Å². The Morgan fingerprint density at radius 3 is 2.92 bits per heavy atom. The molecule has 0 unspecified atom stereocenters. The largest absolute Gasteiger partial charge is 0.259 e. The van der Waals surface area contributed by atoms with Gasteiger partial charge in [0.05, 0.1) is 18.1 Å². The monoisotopic (exact) mass is 177 g/mol. The van der Waals surface area contributed by atoms with Gasteiger partial charge in [0.1, 0.15) is 5.82 Å². The molecule has 66 valence electrons. The molecule has 0 aliphatic carbocycles. The quantitative estimate of drug-likeness (QED) is 0.664. The van der Waals surface area contributed by atoms with Gasteiger partial charge in [-0.15, -0.1) is 0 Å². The summed E-state index contributed by atoms with van der Waals surface area (Å²) in [5.74, 6) is -0.312. The Hall–Kier alpha value is -1.71. The lowest BCUT2D eigenvalue weighted by atomic mass is 10.2. The standard InChI is InChI=1S/C9H8FN3/c1-7-8(10)5-11-6-9(7)13-4-2-3-12-13/h2-6H,1H3. The van der Waals surface area contributed by atoms with Crippen molar-refractivity contribution < 1.29 is 4.39 Å². The van der Waals surface area contributed by atoms with Crippen LogP contribution in [0.3, 0.4) is 0 Å². The maximum absolute atomic E-state index is 13.1. The van der Waals surface area contributed by atoms with E-state index < -0.39 is 0 Å². The van der Waals surface area contributed by atoms with Crippen molar-refractivity contribution in [2.75, 3.05) is 0 Å². The Kier molecular flexibility index (Phi) is 1.81. The van der Waals surface area contributed by atoms with Crippen LogP contribution in [0.1, 0.15) is 5.56 Å². The summed E-state index contributed by atoms with van der Waals surface area (Å²) < 4.78 is 14.7. The van der Waals surface area contributed by atoms with Gasteiger partial charge >= 0.3 is 0 Å². The second-order valence-electron chi connectivity index (χ2n) is 2.72. The maximum Gasteiger partial charge on any atom is 0.146 e. The summed E-state index contributed by atoms with van der Waals surface area (Å²) >= 11 is 0. The average molecular weight is 177 g/mol. The Morgan fingerprint density at radius 1 is 1.38 bits per heavy atom. The van der Waals surface area contributed by atoms with Crippen LogP contribution < -0.4 is 0 Å². The molecule has 0 atom stereocenters. The number of pyridine rings is 1. The van der Waals surface area contributed by atoms with E-state index in [2.05, 4.69) is 10.1 Å². The van der Waals surface area contributed by atoms with Crippen LogP contribution in [0.2, 0.25) is 0 Å². The van der Waals surface area contributed by atoms with Crippen LogP contribution in [0.25, 0.3) is 5.69 Å². The molecule has 2 aromatic heterocycles. The predicted octanol–water partition coefficient (Wildman–Crippen LogP) is 1.71. The van der Waals surface area contributed by atoms with Gasteiger partial charge in [-0.05, 0) is 13.0 Å². The minimum absolute atomic E-state index is 0.312. The Bertz CT molecular complexity index is 409. The van der Waals surface area contributed by atoms with Crippen molar-refractivity contribution in [1.82, 2.24) is 14.8 Å². The number of nitrogens with zero attached hydrogens (tertiary/aromatic N) is 3. The van der Waals surface area contributed by atoms with Gasteiger partial charge in [0.2, 0.25) is 0 Å². The third-order valence-electron chi connectivity index (χ3n) is 1.88. The highest BCUT2D eigenvalue weighted by Gasteiger charge is 2.05. The lowest BCUT2D eigenvalue weighted by Crippen LogP contribution is -2.00. The van der Waals surface area contributed by atoms with Crippen LogP contribution in [0.5, 0.6) is 0 Å². The molecule has 2 aromatic rings. The molecule has 2 heterocycles. The Labute approximate surface area is 74.8 Å². The van der Waals surface area contributed by atoms with Gasteiger partial charge in [-0.25, -0.2) is 9.07 Å². The molecule has 0 aromatic carbocycles. The van der Waals surface area contributed by atoms with E-state index in [0.717, 1.165) is 0 Å². The first-order chi connectivity index (χ1) is 6.29. The van der Waals surface area contributed by atoms with Crippen molar-refractivity contribution in [1.29, 1.82) is 0 Å². The fraction of sp³-hybridized carbons (Fsp3) is 0.111. The van der Waals surface area contributed by atoms with Crippen molar-refractivity contribution in [3.8, 4) is 5.69 Å². The highest BCUT2D eigenvalue weighted by molar-refractivity contribution is 5.36.